The maximum absolute atomic E-state index is 12.4. The predicted octanol–water partition coefficient (Wildman–Crippen LogP) is 3.52. The molecule has 0 bridgehead atoms. The molecule has 134 valence electrons. The smallest absolute Gasteiger partial charge is 0.254 e. The van der Waals surface area contributed by atoms with Gasteiger partial charge in [0.1, 0.15) is 5.82 Å². The van der Waals surface area contributed by atoms with E-state index in [1.807, 2.05) is 0 Å². The van der Waals surface area contributed by atoms with Crippen molar-refractivity contribution in [1.29, 1.82) is 0 Å². The molecular weight excluding hydrogens is 392 g/mol. The number of fused-ring (bicyclic) bond motifs is 2. The van der Waals surface area contributed by atoms with Crippen LogP contribution in [0.1, 0.15) is 35.5 Å². The number of benzene rings is 1. The Labute approximate surface area is 160 Å². The minimum atomic E-state index is 0.0707. The molecule has 0 spiro atoms. The summed E-state index contributed by atoms with van der Waals surface area (Å²) in [6.45, 7) is 2.50. The highest BCUT2D eigenvalue weighted by molar-refractivity contribution is 9.10. The van der Waals surface area contributed by atoms with Gasteiger partial charge in [-0.15, -0.1) is 0 Å². The lowest BCUT2D eigenvalue weighted by Crippen LogP contribution is -2.35. The van der Waals surface area contributed by atoms with Gasteiger partial charge in [0, 0.05) is 53.2 Å². The molecule has 0 atom stereocenters. The Hall–Kier alpha value is -1.92. The van der Waals surface area contributed by atoms with Crippen molar-refractivity contribution in [1.82, 2.24) is 19.9 Å². The van der Waals surface area contributed by atoms with Gasteiger partial charge in [0.2, 0.25) is 0 Å². The molecule has 6 heteroatoms. The second kappa shape index (κ2) is 6.35. The Bertz CT molecular complexity index is 1030. The normalized spacial score (nSPS) is 17.6. The molecule has 3 aromatic rings. The first kappa shape index (κ1) is 16.3. The first-order chi connectivity index (χ1) is 12.7. The number of nitrogens with one attached hydrogen (secondary N) is 2. The predicted molar refractivity (Wildman–Crippen MR) is 105 cm³/mol. The first-order valence-corrected chi connectivity index (χ1v) is 10.0. The fourth-order valence-corrected chi connectivity index (χ4v) is 4.26. The van der Waals surface area contributed by atoms with Crippen molar-refractivity contribution in [2.75, 3.05) is 6.54 Å². The van der Waals surface area contributed by atoms with Crippen LogP contribution in [-0.4, -0.2) is 26.4 Å². The Balaban J connectivity index is 1.40. The quantitative estimate of drug-likeness (QED) is 0.688. The molecule has 26 heavy (non-hydrogen) atoms. The SMILES string of the molecule is O=c1[nH]c(CC2CC2)nc2c1CCN(Cc1c[nH]c3ccc(Br)cc13)C2. The molecule has 0 saturated heterocycles. The molecule has 5 nitrogen and oxygen atoms in total. The molecule has 0 radical (unpaired) electrons. The van der Waals surface area contributed by atoms with Crippen molar-refractivity contribution in [2.45, 2.75) is 38.8 Å². The lowest BCUT2D eigenvalue weighted by Gasteiger charge is -2.27. The molecule has 1 fully saturated rings. The van der Waals surface area contributed by atoms with Gasteiger partial charge in [-0.1, -0.05) is 15.9 Å². The molecule has 0 unspecified atom stereocenters. The molecule has 5 rings (SSSR count). The van der Waals surface area contributed by atoms with Crippen molar-refractivity contribution in [3.63, 3.8) is 0 Å². The summed E-state index contributed by atoms with van der Waals surface area (Å²) in [5.74, 6) is 1.59. The molecule has 1 aliphatic heterocycles. The number of hydrogen-bond donors (Lipinski definition) is 2. The van der Waals surface area contributed by atoms with Crippen LogP contribution < -0.4 is 5.56 Å². The fourth-order valence-electron chi connectivity index (χ4n) is 3.89. The number of nitrogens with zero attached hydrogens (tertiary/aromatic N) is 2. The number of hydrogen-bond acceptors (Lipinski definition) is 3. The number of rotatable bonds is 4. The van der Waals surface area contributed by atoms with E-state index in [1.54, 1.807) is 0 Å². The fraction of sp³-hybridized carbons (Fsp3) is 0.400. The van der Waals surface area contributed by atoms with Crippen LogP contribution in [0.2, 0.25) is 0 Å². The largest absolute Gasteiger partial charge is 0.361 e. The van der Waals surface area contributed by atoms with Gasteiger partial charge in [0.25, 0.3) is 5.56 Å². The zero-order chi connectivity index (χ0) is 17.7. The molecule has 2 N–H and O–H groups in total. The minimum absolute atomic E-state index is 0.0707. The standard InChI is InChI=1S/C20H21BrN4O/c21-14-3-4-17-16(8-14)13(9-22-17)10-25-6-5-15-18(11-25)23-19(24-20(15)26)7-12-1-2-12/h3-4,8-9,12,22H,1-2,5-7,10-11H2,(H,23,24,26). The Morgan fingerprint density at radius 1 is 1.31 bits per heavy atom. The van der Waals surface area contributed by atoms with Crippen LogP contribution >= 0.6 is 15.9 Å². The van der Waals surface area contributed by atoms with E-state index in [9.17, 15) is 4.79 Å². The lowest BCUT2D eigenvalue weighted by molar-refractivity contribution is 0.241. The average molecular weight is 413 g/mol. The summed E-state index contributed by atoms with van der Waals surface area (Å²) in [7, 11) is 0. The molecule has 1 saturated carbocycles. The van der Waals surface area contributed by atoms with Crippen molar-refractivity contribution < 1.29 is 0 Å². The molecule has 3 heterocycles. The molecule has 2 aliphatic rings. The van der Waals surface area contributed by atoms with Crippen LogP contribution in [0.3, 0.4) is 0 Å². The topological polar surface area (TPSA) is 64.8 Å². The molecular formula is C20H21BrN4O. The highest BCUT2D eigenvalue weighted by Gasteiger charge is 2.25. The van der Waals surface area contributed by atoms with Gasteiger partial charge in [0.05, 0.1) is 5.69 Å². The Morgan fingerprint density at radius 3 is 3.04 bits per heavy atom. The first-order valence-electron chi connectivity index (χ1n) is 9.24. The maximum Gasteiger partial charge on any atom is 0.254 e. The van der Waals surface area contributed by atoms with E-state index in [2.05, 4.69) is 55.2 Å². The lowest BCUT2D eigenvalue weighted by atomic mass is 10.0. The van der Waals surface area contributed by atoms with E-state index in [0.717, 1.165) is 65.5 Å². The minimum Gasteiger partial charge on any atom is -0.361 e. The molecule has 0 amide bonds. The summed E-state index contributed by atoms with van der Waals surface area (Å²) >= 11 is 3.56. The summed E-state index contributed by atoms with van der Waals surface area (Å²) in [6, 6.07) is 6.31. The third-order valence-electron chi connectivity index (χ3n) is 5.50. The summed E-state index contributed by atoms with van der Waals surface area (Å²) in [6.07, 6.45) is 6.31. The van der Waals surface area contributed by atoms with Crippen molar-refractivity contribution >= 4 is 26.8 Å². The zero-order valence-electron chi connectivity index (χ0n) is 14.5. The summed E-state index contributed by atoms with van der Waals surface area (Å²) in [5, 5.41) is 1.25. The average Bonchev–Trinajstić information content (AvgIpc) is 3.35. The highest BCUT2D eigenvalue weighted by Crippen LogP contribution is 2.32. The van der Waals surface area contributed by atoms with Crippen LogP contribution in [-0.2, 0) is 25.9 Å². The second-order valence-electron chi connectivity index (χ2n) is 7.55. The van der Waals surface area contributed by atoms with Gasteiger partial charge >= 0.3 is 0 Å². The van der Waals surface area contributed by atoms with Crippen LogP contribution in [0.15, 0.2) is 33.7 Å². The Kier molecular flexibility index (Phi) is 3.98. The molecule has 1 aliphatic carbocycles. The van der Waals surface area contributed by atoms with E-state index in [4.69, 9.17) is 4.98 Å². The third-order valence-corrected chi connectivity index (χ3v) is 6.00. The number of aromatic nitrogens is 3. The van der Waals surface area contributed by atoms with Gasteiger partial charge < -0.3 is 9.97 Å². The van der Waals surface area contributed by atoms with Gasteiger partial charge in [-0.05, 0) is 48.9 Å². The number of H-pyrrole nitrogens is 2. The van der Waals surface area contributed by atoms with E-state index in [0.29, 0.717) is 0 Å². The molecule has 1 aromatic carbocycles. The van der Waals surface area contributed by atoms with Crippen LogP contribution in [0, 0.1) is 5.92 Å². The Morgan fingerprint density at radius 2 is 2.19 bits per heavy atom. The van der Waals surface area contributed by atoms with Gasteiger partial charge in [-0.2, -0.15) is 0 Å². The summed E-state index contributed by atoms with van der Waals surface area (Å²) < 4.78 is 1.09. The third kappa shape index (κ3) is 3.12. The summed E-state index contributed by atoms with van der Waals surface area (Å²) in [5.41, 5.74) is 4.36. The second-order valence-corrected chi connectivity index (χ2v) is 8.47. The van der Waals surface area contributed by atoms with Crippen LogP contribution in [0.4, 0.5) is 0 Å². The number of aromatic amines is 2. The highest BCUT2D eigenvalue weighted by atomic mass is 79.9. The monoisotopic (exact) mass is 412 g/mol. The van der Waals surface area contributed by atoms with E-state index >= 15 is 0 Å². The van der Waals surface area contributed by atoms with Crippen LogP contribution in [0.5, 0.6) is 0 Å². The van der Waals surface area contributed by atoms with E-state index in [-0.39, 0.29) is 5.56 Å². The zero-order valence-corrected chi connectivity index (χ0v) is 16.1. The maximum atomic E-state index is 12.4. The van der Waals surface area contributed by atoms with Gasteiger partial charge in [-0.25, -0.2) is 4.98 Å². The van der Waals surface area contributed by atoms with Crippen molar-refractivity contribution in [2.24, 2.45) is 5.92 Å². The van der Waals surface area contributed by atoms with Crippen molar-refractivity contribution in [3.8, 4) is 0 Å². The molecule has 2 aromatic heterocycles. The summed E-state index contributed by atoms with van der Waals surface area (Å²) in [4.78, 5) is 25.9. The van der Waals surface area contributed by atoms with Crippen molar-refractivity contribution in [3.05, 3.63) is 61.9 Å². The van der Waals surface area contributed by atoms with Gasteiger partial charge in [-0.3, -0.25) is 9.69 Å². The van der Waals surface area contributed by atoms with Gasteiger partial charge in [0.15, 0.2) is 0 Å². The van der Waals surface area contributed by atoms with Crippen LogP contribution in [0.25, 0.3) is 10.9 Å². The van der Waals surface area contributed by atoms with E-state index < -0.39 is 0 Å². The number of halogens is 1. The van der Waals surface area contributed by atoms with E-state index in [1.165, 1.54) is 23.8 Å².